The first kappa shape index (κ1) is 17.4. The van der Waals surface area contributed by atoms with E-state index in [2.05, 4.69) is 15.0 Å². The van der Waals surface area contributed by atoms with E-state index in [1.54, 1.807) is 6.07 Å². The van der Waals surface area contributed by atoms with Gasteiger partial charge in [0, 0.05) is 25.0 Å². The molecule has 0 saturated carbocycles. The summed E-state index contributed by atoms with van der Waals surface area (Å²) in [4.78, 5) is 21.6. The van der Waals surface area contributed by atoms with Gasteiger partial charge in [0.05, 0.1) is 11.6 Å². The van der Waals surface area contributed by atoms with E-state index in [0.717, 1.165) is 13.0 Å². The fourth-order valence-electron chi connectivity index (χ4n) is 2.79. The lowest BCUT2D eigenvalue weighted by Crippen LogP contribution is -2.36. The summed E-state index contributed by atoms with van der Waals surface area (Å²) in [6.07, 6.45) is 0.931. The molecule has 130 valence electrons. The van der Waals surface area contributed by atoms with E-state index in [-0.39, 0.29) is 17.9 Å². The number of aromatic nitrogens is 2. The quantitative estimate of drug-likeness (QED) is 0.810. The summed E-state index contributed by atoms with van der Waals surface area (Å²) >= 11 is 7.47. The Morgan fingerprint density at radius 1 is 1.58 bits per heavy atom. The molecule has 24 heavy (non-hydrogen) atoms. The van der Waals surface area contributed by atoms with Gasteiger partial charge in [-0.2, -0.15) is 4.98 Å². The lowest BCUT2D eigenvalue weighted by atomic mass is 10.2. The number of nitrogens with zero attached hydrogens (tertiary/aromatic N) is 4. The number of rotatable bonds is 5. The first-order valence-electron chi connectivity index (χ1n) is 8.00. The van der Waals surface area contributed by atoms with Crippen LogP contribution in [0.15, 0.2) is 16.0 Å². The Kier molecular flexibility index (Phi) is 5.22. The molecule has 2 aromatic rings. The molecule has 3 heterocycles. The second-order valence-electron chi connectivity index (χ2n) is 6.41. The molecule has 2 aromatic heterocycles. The van der Waals surface area contributed by atoms with Crippen LogP contribution in [-0.2, 0) is 6.54 Å². The van der Waals surface area contributed by atoms with Crippen LogP contribution < -0.4 is 0 Å². The summed E-state index contributed by atoms with van der Waals surface area (Å²) in [7, 11) is 2.03. The van der Waals surface area contributed by atoms with Crippen LogP contribution in [-0.4, -0.2) is 52.0 Å². The second kappa shape index (κ2) is 7.21. The maximum atomic E-state index is 12.5. The monoisotopic (exact) mass is 368 g/mol. The lowest BCUT2D eigenvalue weighted by molar-refractivity contribution is 0.0784. The largest absolute Gasteiger partial charge is 0.339 e. The molecular formula is C16H21ClN4O2S. The fourth-order valence-corrected chi connectivity index (χ4v) is 3.90. The van der Waals surface area contributed by atoms with E-state index in [9.17, 15) is 4.79 Å². The van der Waals surface area contributed by atoms with Gasteiger partial charge >= 0.3 is 0 Å². The van der Waals surface area contributed by atoms with Crippen LogP contribution in [0, 0.1) is 0 Å². The highest BCUT2D eigenvalue weighted by molar-refractivity contribution is 7.12. The Labute approximate surface area is 150 Å². The minimum atomic E-state index is 0.0209. The van der Waals surface area contributed by atoms with Crippen LogP contribution in [0.2, 0.25) is 5.02 Å². The number of thiophene rings is 1. The molecule has 0 aliphatic carbocycles. The maximum Gasteiger partial charge on any atom is 0.265 e. The van der Waals surface area contributed by atoms with Gasteiger partial charge in [-0.3, -0.25) is 9.69 Å². The van der Waals surface area contributed by atoms with Crippen molar-refractivity contribution in [3.63, 3.8) is 0 Å². The van der Waals surface area contributed by atoms with E-state index < -0.39 is 0 Å². The zero-order chi connectivity index (χ0) is 17.3. The van der Waals surface area contributed by atoms with Gasteiger partial charge in [0.1, 0.15) is 4.88 Å². The van der Waals surface area contributed by atoms with Crippen LogP contribution in [0.1, 0.15) is 47.6 Å². The summed E-state index contributed by atoms with van der Waals surface area (Å²) in [6, 6.07) is 2.05. The number of likely N-dealkylation sites (N-methyl/N-ethyl adjacent to an activating group) is 1. The molecule has 0 radical (unpaired) electrons. The number of hydrogen-bond donors (Lipinski definition) is 0. The molecule has 0 N–H and O–H groups in total. The van der Waals surface area contributed by atoms with Gasteiger partial charge in [-0.05, 0) is 24.9 Å². The fraction of sp³-hybridized carbons (Fsp3) is 0.562. The average Bonchev–Trinajstić information content (AvgIpc) is 3.26. The minimum absolute atomic E-state index is 0.0209. The third kappa shape index (κ3) is 3.63. The summed E-state index contributed by atoms with van der Waals surface area (Å²) in [5, 5.41) is 6.41. The van der Waals surface area contributed by atoms with Crippen LogP contribution in [0.4, 0.5) is 0 Å². The molecule has 1 unspecified atom stereocenters. The maximum absolute atomic E-state index is 12.5. The zero-order valence-electron chi connectivity index (χ0n) is 14.0. The molecule has 1 aliphatic heterocycles. The Hall–Kier alpha value is -1.44. The number of hydrogen-bond acceptors (Lipinski definition) is 6. The SMILES string of the molecule is CC(C)c1nc(CN(C)C2CCN(C(=O)c3sccc3Cl)C2)no1. The molecule has 1 fully saturated rings. The molecule has 1 amide bonds. The third-order valence-corrected chi connectivity index (χ3v) is 5.58. The number of carbonyl (C=O) groups is 1. The van der Waals surface area contributed by atoms with Crippen LogP contribution in [0.5, 0.6) is 0 Å². The molecule has 1 aliphatic rings. The van der Waals surface area contributed by atoms with E-state index in [1.165, 1.54) is 11.3 Å². The van der Waals surface area contributed by atoms with Crippen molar-refractivity contribution in [2.75, 3.05) is 20.1 Å². The topological polar surface area (TPSA) is 62.5 Å². The van der Waals surface area contributed by atoms with Crippen molar-refractivity contribution in [3.8, 4) is 0 Å². The van der Waals surface area contributed by atoms with Crippen LogP contribution >= 0.6 is 22.9 Å². The Morgan fingerprint density at radius 3 is 3.00 bits per heavy atom. The van der Waals surface area contributed by atoms with Crippen molar-refractivity contribution in [1.29, 1.82) is 0 Å². The zero-order valence-corrected chi connectivity index (χ0v) is 15.6. The van der Waals surface area contributed by atoms with Gasteiger partial charge < -0.3 is 9.42 Å². The normalized spacial score (nSPS) is 18.1. The Balaban J connectivity index is 1.58. The van der Waals surface area contributed by atoms with E-state index in [0.29, 0.717) is 34.7 Å². The first-order chi connectivity index (χ1) is 11.5. The smallest absolute Gasteiger partial charge is 0.265 e. The van der Waals surface area contributed by atoms with Crippen molar-refractivity contribution in [2.24, 2.45) is 0 Å². The standard InChI is InChI=1S/C16H21ClN4O2S/c1-10(2)15-18-13(19-23-15)9-20(3)11-4-6-21(8-11)16(22)14-12(17)5-7-24-14/h5,7,10-11H,4,6,8-9H2,1-3H3. The lowest BCUT2D eigenvalue weighted by Gasteiger charge is -2.23. The Bertz CT molecular complexity index is 715. The van der Waals surface area contributed by atoms with Crippen molar-refractivity contribution in [2.45, 2.75) is 38.8 Å². The molecule has 6 nitrogen and oxygen atoms in total. The van der Waals surface area contributed by atoms with E-state index in [1.807, 2.05) is 31.2 Å². The molecule has 1 saturated heterocycles. The van der Waals surface area contributed by atoms with E-state index in [4.69, 9.17) is 16.1 Å². The number of carbonyl (C=O) groups excluding carboxylic acids is 1. The summed E-state index contributed by atoms with van der Waals surface area (Å²) in [5.74, 6) is 1.60. The highest BCUT2D eigenvalue weighted by Crippen LogP contribution is 2.26. The summed E-state index contributed by atoms with van der Waals surface area (Å²) < 4.78 is 5.25. The highest BCUT2D eigenvalue weighted by atomic mass is 35.5. The van der Waals surface area contributed by atoms with Crippen molar-refractivity contribution < 1.29 is 9.32 Å². The van der Waals surface area contributed by atoms with Gasteiger partial charge in [-0.1, -0.05) is 30.6 Å². The molecule has 0 aromatic carbocycles. The van der Waals surface area contributed by atoms with Gasteiger partial charge in [-0.25, -0.2) is 0 Å². The van der Waals surface area contributed by atoms with Gasteiger partial charge in [0.2, 0.25) is 5.89 Å². The highest BCUT2D eigenvalue weighted by Gasteiger charge is 2.31. The van der Waals surface area contributed by atoms with Crippen molar-refractivity contribution in [3.05, 3.63) is 33.1 Å². The third-order valence-electron chi connectivity index (χ3n) is 4.25. The predicted octanol–water partition coefficient (Wildman–Crippen LogP) is 3.25. The van der Waals surface area contributed by atoms with Gasteiger partial charge in [0.15, 0.2) is 5.82 Å². The Morgan fingerprint density at radius 2 is 2.38 bits per heavy atom. The van der Waals surface area contributed by atoms with Crippen molar-refractivity contribution >= 4 is 28.8 Å². The molecule has 3 rings (SSSR count). The van der Waals surface area contributed by atoms with E-state index >= 15 is 0 Å². The summed E-state index contributed by atoms with van der Waals surface area (Å²) in [5.41, 5.74) is 0. The first-order valence-corrected chi connectivity index (χ1v) is 9.26. The number of amides is 1. The second-order valence-corrected chi connectivity index (χ2v) is 7.73. The summed E-state index contributed by atoms with van der Waals surface area (Å²) in [6.45, 7) is 6.10. The van der Waals surface area contributed by atoms with Gasteiger partial charge in [0.25, 0.3) is 5.91 Å². The minimum Gasteiger partial charge on any atom is -0.339 e. The number of likely N-dealkylation sites (tertiary alicyclic amines) is 1. The average molecular weight is 369 g/mol. The van der Waals surface area contributed by atoms with Crippen LogP contribution in [0.3, 0.4) is 0 Å². The molecule has 1 atom stereocenters. The predicted molar refractivity (Wildman–Crippen MR) is 93.5 cm³/mol. The molecule has 8 heteroatoms. The molecule has 0 spiro atoms. The van der Waals surface area contributed by atoms with Crippen LogP contribution in [0.25, 0.3) is 0 Å². The molecular weight excluding hydrogens is 348 g/mol. The van der Waals surface area contributed by atoms with Crippen molar-refractivity contribution in [1.82, 2.24) is 19.9 Å². The number of halogens is 1. The van der Waals surface area contributed by atoms with Gasteiger partial charge in [-0.15, -0.1) is 11.3 Å². The molecule has 0 bridgehead atoms.